The number of amides is 1. The van der Waals surface area contributed by atoms with Crippen LogP contribution in [0, 0.1) is 12.3 Å². The van der Waals surface area contributed by atoms with Gasteiger partial charge in [0.2, 0.25) is 0 Å². The van der Waals surface area contributed by atoms with E-state index in [0.29, 0.717) is 12.2 Å². The Kier molecular flexibility index (Phi) is 3.09. The predicted molar refractivity (Wildman–Crippen MR) is 54.1 cm³/mol. The molecule has 0 radical (unpaired) electrons. The minimum Gasteiger partial charge on any atom is -0.396 e. The summed E-state index contributed by atoms with van der Waals surface area (Å²) < 4.78 is 1.58. The van der Waals surface area contributed by atoms with Crippen LogP contribution in [0.3, 0.4) is 0 Å². The minimum atomic E-state index is -0.583. The third kappa shape index (κ3) is 2.53. The molecule has 15 heavy (non-hydrogen) atoms. The molecule has 0 spiro atoms. The van der Waals surface area contributed by atoms with Crippen LogP contribution in [0.4, 0.5) is 0 Å². The molecule has 0 fully saturated rings. The largest absolute Gasteiger partial charge is 0.396 e. The zero-order valence-corrected chi connectivity index (χ0v) is 9.19. The Morgan fingerprint density at radius 1 is 1.60 bits per heavy atom. The van der Waals surface area contributed by atoms with E-state index in [1.165, 1.54) is 0 Å². The van der Waals surface area contributed by atoms with Gasteiger partial charge in [0.15, 0.2) is 5.69 Å². The molecule has 0 aliphatic carbocycles. The van der Waals surface area contributed by atoms with Crippen molar-refractivity contribution in [2.75, 3.05) is 6.61 Å². The predicted octanol–water partition coefficient (Wildman–Crippen LogP) is -0.296. The lowest BCUT2D eigenvalue weighted by atomic mass is 9.95. The first-order chi connectivity index (χ1) is 6.87. The molecule has 1 aromatic rings. The van der Waals surface area contributed by atoms with E-state index in [1.807, 2.05) is 13.8 Å². The van der Waals surface area contributed by atoms with Gasteiger partial charge >= 0.3 is 0 Å². The topological polar surface area (TPSA) is 94.0 Å². The highest BCUT2D eigenvalue weighted by Crippen LogP contribution is 2.17. The lowest BCUT2D eigenvalue weighted by molar-refractivity contribution is 0.0994. The van der Waals surface area contributed by atoms with Crippen molar-refractivity contribution in [3.63, 3.8) is 0 Å². The fraction of sp³-hybridized carbons (Fsp3) is 0.667. The molecule has 0 aliphatic heterocycles. The summed E-state index contributed by atoms with van der Waals surface area (Å²) in [6.07, 6.45) is 0. The maximum Gasteiger partial charge on any atom is 0.271 e. The average Bonchev–Trinajstić information content (AvgIpc) is 2.48. The normalized spacial score (nSPS) is 11.7. The number of hydrogen-bond acceptors (Lipinski definition) is 4. The summed E-state index contributed by atoms with van der Waals surface area (Å²) in [5.74, 6) is -0.583. The van der Waals surface area contributed by atoms with Crippen LogP contribution in [0.2, 0.25) is 0 Å². The van der Waals surface area contributed by atoms with Crippen molar-refractivity contribution in [2.24, 2.45) is 11.1 Å². The second kappa shape index (κ2) is 3.98. The highest BCUT2D eigenvalue weighted by Gasteiger charge is 2.21. The molecule has 0 aromatic carbocycles. The first-order valence-corrected chi connectivity index (χ1v) is 4.68. The molecule has 1 aromatic heterocycles. The summed E-state index contributed by atoms with van der Waals surface area (Å²) >= 11 is 0. The number of aliphatic hydroxyl groups is 1. The smallest absolute Gasteiger partial charge is 0.271 e. The quantitative estimate of drug-likeness (QED) is 0.716. The third-order valence-electron chi connectivity index (χ3n) is 2.22. The van der Waals surface area contributed by atoms with Gasteiger partial charge in [0.25, 0.3) is 5.91 Å². The highest BCUT2D eigenvalue weighted by molar-refractivity contribution is 5.91. The number of rotatable bonds is 4. The van der Waals surface area contributed by atoms with Crippen LogP contribution >= 0.6 is 0 Å². The second-order valence-electron chi connectivity index (χ2n) is 4.37. The minimum absolute atomic E-state index is 0.0399. The zero-order chi connectivity index (χ0) is 11.6. The number of primary amides is 1. The summed E-state index contributed by atoms with van der Waals surface area (Å²) in [5.41, 5.74) is 5.63. The van der Waals surface area contributed by atoms with E-state index in [0.717, 1.165) is 0 Å². The standard InChI is InChI=1S/C9H16N4O2/c1-6-7(8(10)15)11-12-13(6)4-9(2,3)5-14/h14H,4-5H2,1-3H3,(H2,10,15). The molecular formula is C9H16N4O2. The number of carbonyl (C=O) groups is 1. The number of carbonyl (C=O) groups excluding carboxylic acids is 1. The molecular weight excluding hydrogens is 196 g/mol. The van der Waals surface area contributed by atoms with Crippen molar-refractivity contribution in [3.8, 4) is 0 Å². The van der Waals surface area contributed by atoms with E-state index in [9.17, 15) is 4.79 Å². The summed E-state index contributed by atoms with van der Waals surface area (Å²) in [7, 11) is 0. The van der Waals surface area contributed by atoms with Gasteiger partial charge in [-0.05, 0) is 6.92 Å². The maximum atomic E-state index is 10.9. The lowest BCUT2D eigenvalue weighted by Crippen LogP contribution is -2.25. The summed E-state index contributed by atoms with van der Waals surface area (Å²) in [4.78, 5) is 10.9. The molecule has 0 saturated heterocycles. The maximum absolute atomic E-state index is 10.9. The monoisotopic (exact) mass is 212 g/mol. The average molecular weight is 212 g/mol. The molecule has 0 atom stereocenters. The van der Waals surface area contributed by atoms with Crippen LogP contribution in [0.25, 0.3) is 0 Å². The van der Waals surface area contributed by atoms with Gasteiger partial charge in [0.05, 0.1) is 12.2 Å². The molecule has 0 bridgehead atoms. The van der Waals surface area contributed by atoms with Crippen LogP contribution in [0.5, 0.6) is 0 Å². The van der Waals surface area contributed by atoms with Crippen LogP contribution in [0.1, 0.15) is 30.0 Å². The Morgan fingerprint density at radius 2 is 2.20 bits per heavy atom. The molecule has 0 aliphatic rings. The van der Waals surface area contributed by atoms with Crippen LogP contribution < -0.4 is 5.73 Å². The van der Waals surface area contributed by atoms with Gasteiger partial charge < -0.3 is 10.8 Å². The molecule has 6 heteroatoms. The summed E-state index contributed by atoms with van der Waals surface area (Å²) in [6, 6.07) is 0. The van der Waals surface area contributed by atoms with Crippen LogP contribution in [-0.2, 0) is 6.54 Å². The van der Waals surface area contributed by atoms with E-state index in [2.05, 4.69) is 10.3 Å². The number of nitrogens with zero attached hydrogens (tertiary/aromatic N) is 3. The van der Waals surface area contributed by atoms with Crippen LogP contribution in [0.15, 0.2) is 0 Å². The van der Waals surface area contributed by atoms with Gasteiger partial charge in [-0.2, -0.15) is 0 Å². The Bertz CT molecular complexity index is 370. The van der Waals surface area contributed by atoms with Gasteiger partial charge in [-0.3, -0.25) is 4.79 Å². The number of hydrogen-bond donors (Lipinski definition) is 2. The van der Waals surface area contributed by atoms with Gasteiger partial charge in [-0.15, -0.1) is 5.10 Å². The first kappa shape index (κ1) is 11.6. The van der Waals surface area contributed by atoms with E-state index < -0.39 is 5.91 Å². The summed E-state index contributed by atoms with van der Waals surface area (Å²) in [5, 5.41) is 16.6. The van der Waals surface area contributed by atoms with E-state index in [1.54, 1.807) is 11.6 Å². The Morgan fingerprint density at radius 3 is 2.60 bits per heavy atom. The molecule has 84 valence electrons. The van der Waals surface area contributed by atoms with Crippen molar-refractivity contribution in [2.45, 2.75) is 27.3 Å². The molecule has 0 unspecified atom stereocenters. The fourth-order valence-electron chi connectivity index (χ4n) is 1.19. The van der Waals surface area contributed by atoms with E-state index in [-0.39, 0.29) is 17.7 Å². The zero-order valence-electron chi connectivity index (χ0n) is 9.19. The third-order valence-corrected chi connectivity index (χ3v) is 2.22. The molecule has 6 nitrogen and oxygen atoms in total. The molecule has 0 saturated carbocycles. The number of aromatic nitrogens is 3. The highest BCUT2D eigenvalue weighted by atomic mass is 16.3. The fourth-order valence-corrected chi connectivity index (χ4v) is 1.19. The van der Waals surface area contributed by atoms with Crippen molar-refractivity contribution >= 4 is 5.91 Å². The molecule has 1 heterocycles. The first-order valence-electron chi connectivity index (χ1n) is 4.68. The lowest BCUT2D eigenvalue weighted by Gasteiger charge is -2.21. The Labute approximate surface area is 88.1 Å². The van der Waals surface area contributed by atoms with Crippen molar-refractivity contribution < 1.29 is 9.90 Å². The SMILES string of the molecule is Cc1c(C(N)=O)nnn1CC(C)(C)CO. The van der Waals surface area contributed by atoms with Gasteiger partial charge in [-0.25, -0.2) is 4.68 Å². The van der Waals surface area contributed by atoms with Crippen LogP contribution in [-0.4, -0.2) is 32.6 Å². The van der Waals surface area contributed by atoms with Crippen molar-refractivity contribution in [3.05, 3.63) is 11.4 Å². The number of aliphatic hydroxyl groups excluding tert-OH is 1. The Balaban J connectivity index is 2.93. The van der Waals surface area contributed by atoms with Crippen molar-refractivity contribution in [1.29, 1.82) is 0 Å². The Hall–Kier alpha value is -1.43. The summed E-state index contributed by atoms with van der Waals surface area (Å²) in [6.45, 7) is 6.07. The number of nitrogens with two attached hydrogens (primary N) is 1. The second-order valence-corrected chi connectivity index (χ2v) is 4.37. The van der Waals surface area contributed by atoms with E-state index >= 15 is 0 Å². The van der Waals surface area contributed by atoms with Crippen molar-refractivity contribution in [1.82, 2.24) is 15.0 Å². The molecule has 1 rings (SSSR count). The van der Waals surface area contributed by atoms with Gasteiger partial charge in [0, 0.05) is 12.0 Å². The van der Waals surface area contributed by atoms with Gasteiger partial charge in [-0.1, -0.05) is 19.1 Å². The molecule has 1 amide bonds. The van der Waals surface area contributed by atoms with Gasteiger partial charge in [0.1, 0.15) is 0 Å². The van der Waals surface area contributed by atoms with E-state index in [4.69, 9.17) is 10.8 Å². The molecule has 3 N–H and O–H groups in total.